The molecule has 2 heterocycles. The topological polar surface area (TPSA) is 68.5 Å². The second-order valence-corrected chi connectivity index (χ2v) is 7.37. The Morgan fingerprint density at radius 1 is 1.31 bits per heavy atom. The van der Waals surface area contributed by atoms with Crippen LogP contribution in [0.15, 0.2) is 36.5 Å². The Morgan fingerprint density at radius 3 is 2.69 bits per heavy atom. The summed E-state index contributed by atoms with van der Waals surface area (Å²) < 4.78 is 5.80. The van der Waals surface area contributed by atoms with Gasteiger partial charge >= 0.3 is 0 Å². The molecular weight excluding hydrogens is 373 g/mol. The Kier molecular flexibility index (Phi) is 6.01. The van der Waals surface area contributed by atoms with E-state index in [0.29, 0.717) is 40.4 Å². The van der Waals surface area contributed by atoms with Crippen LogP contribution in [0.3, 0.4) is 0 Å². The van der Waals surface area contributed by atoms with Gasteiger partial charge in [0.25, 0.3) is 5.91 Å². The molecule has 0 aliphatic carbocycles. The maximum absolute atomic E-state index is 12.9. The summed E-state index contributed by atoms with van der Waals surface area (Å²) in [5, 5.41) is 0.871. The fourth-order valence-electron chi connectivity index (χ4n) is 3.10. The van der Waals surface area contributed by atoms with Crippen molar-refractivity contribution in [3.8, 4) is 11.6 Å². The maximum atomic E-state index is 12.9. The molecule has 1 unspecified atom stereocenters. The van der Waals surface area contributed by atoms with E-state index in [4.69, 9.17) is 33.7 Å². The molecule has 138 valence electrons. The fourth-order valence-corrected chi connectivity index (χ4v) is 3.54. The van der Waals surface area contributed by atoms with Gasteiger partial charge in [-0.1, -0.05) is 23.2 Å². The van der Waals surface area contributed by atoms with Crippen molar-refractivity contribution in [2.75, 3.05) is 13.1 Å². The van der Waals surface area contributed by atoms with Gasteiger partial charge in [0.15, 0.2) is 0 Å². The zero-order valence-corrected chi connectivity index (χ0v) is 16.0. The average Bonchev–Trinajstić information content (AvgIpc) is 2.64. The number of hydrogen-bond acceptors (Lipinski definition) is 4. The van der Waals surface area contributed by atoms with Gasteiger partial charge < -0.3 is 15.4 Å². The van der Waals surface area contributed by atoms with Crippen molar-refractivity contribution < 1.29 is 9.53 Å². The molecule has 3 rings (SSSR count). The summed E-state index contributed by atoms with van der Waals surface area (Å²) in [6, 6.07) is 8.50. The number of carbonyl (C=O) groups excluding carboxylic acids is 1. The van der Waals surface area contributed by atoms with Gasteiger partial charge in [-0.25, -0.2) is 4.98 Å². The number of hydrogen-bond donors (Lipinski definition) is 1. The minimum atomic E-state index is -0.0960. The number of aromatic nitrogens is 1. The molecule has 1 aliphatic heterocycles. The number of amides is 1. The zero-order chi connectivity index (χ0) is 18.7. The number of likely N-dealkylation sites (tertiary alicyclic amines) is 1. The molecule has 0 spiro atoms. The molecule has 0 bridgehead atoms. The average molecular weight is 394 g/mol. The number of benzene rings is 1. The zero-order valence-electron chi connectivity index (χ0n) is 14.5. The van der Waals surface area contributed by atoms with Gasteiger partial charge in [-0.05, 0) is 56.0 Å². The Labute approximate surface area is 163 Å². The van der Waals surface area contributed by atoms with E-state index in [1.165, 1.54) is 0 Å². The Bertz CT molecular complexity index is 790. The number of rotatable bonds is 4. The third-order valence-electron chi connectivity index (χ3n) is 4.67. The van der Waals surface area contributed by atoms with E-state index < -0.39 is 0 Å². The SMILES string of the molecule is CC(N)C1CCN(C(=O)c2cccnc2Oc2ccc(Cl)cc2Cl)CC1. The summed E-state index contributed by atoms with van der Waals surface area (Å²) >= 11 is 12.1. The summed E-state index contributed by atoms with van der Waals surface area (Å²) in [4.78, 5) is 19.0. The molecule has 1 aromatic heterocycles. The lowest BCUT2D eigenvalue weighted by Gasteiger charge is -2.33. The molecule has 1 atom stereocenters. The van der Waals surface area contributed by atoms with E-state index in [-0.39, 0.29) is 17.8 Å². The number of ether oxygens (including phenoxy) is 1. The Balaban J connectivity index is 1.78. The van der Waals surface area contributed by atoms with E-state index in [1.807, 2.05) is 11.8 Å². The van der Waals surface area contributed by atoms with E-state index in [1.54, 1.807) is 36.5 Å². The molecule has 0 saturated carbocycles. The molecule has 7 heteroatoms. The van der Waals surface area contributed by atoms with Crippen LogP contribution in [-0.4, -0.2) is 34.9 Å². The molecule has 1 saturated heterocycles. The second kappa shape index (κ2) is 8.25. The normalized spacial score (nSPS) is 16.4. The van der Waals surface area contributed by atoms with Gasteiger partial charge in [0.2, 0.25) is 5.88 Å². The Hall–Kier alpha value is -1.82. The number of pyridine rings is 1. The lowest BCUT2D eigenvalue weighted by molar-refractivity contribution is 0.0677. The number of carbonyl (C=O) groups is 1. The van der Waals surface area contributed by atoms with Crippen LogP contribution in [0, 0.1) is 5.92 Å². The first kappa shape index (κ1) is 19.0. The number of piperidine rings is 1. The molecule has 1 aromatic carbocycles. The van der Waals surface area contributed by atoms with Crippen molar-refractivity contribution in [1.82, 2.24) is 9.88 Å². The van der Waals surface area contributed by atoms with Crippen LogP contribution >= 0.6 is 23.2 Å². The highest BCUT2D eigenvalue weighted by atomic mass is 35.5. The van der Waals surface area contributed by atoms with Crippen LogP contribution in [0.2, 0.25) is 10.0 Å². The van der Waals surface area contributed by atoms with Crippen LogP contribution in [0.25, 0.3) is 0 Å². The smallest absolute Gasteiger partial charge is 0.259 e. The molecule has 0 radical (unpaired) electrons. The van der Waals surface area contributed by atoms with Crippen LogP contribution in [0.1, 0.15) is 30.1 Å². The third-order valence-corrected chi connectivity index (χ3v) is 5.20. The predicted octanol–water partition coefficient (Wildman–Crippen LogP) is 4.38. The van der Waals surface area contributed by atoms with Crippen molar-refractivity contribution in [2.45, 2.75) is 25.8 Å². The van der Waals surface area contributed by atoms with Crippen LogP contribution in [0.4, 0.5) is 0 Å². The molecule has 1 amide bonds. The lowest BCUT2D eigenvalue weighted by atomic mass is 9.91. The van der Waals surface area contributed by atoms with Crippen LogP contribution in [0.5, 0.6) is 11.6 Å². The first-order valence-corrected chi connectivity index (χ1v) is 9.34. The molecule has 2 N–H and O–H groups in total. The second-order valence-electron chi connectivity index (χ2n) is 6.52. The lowest BCUT2D eigenvalue weighted by Crippen LogP contribution is -2.42. The molecule has 26 heavy (non-hydrogen) atoms. The summed E-state index contributed by atoms with van der Waals surface area (Å²) in [6.45, 7) is 3.38. The first-order valence-electron chi connectivity index (χ1n) is 8.58. The first-order chi connectivity index (χ1) is 12.5. The standard InChI is InChI=1S/C19H21Cl2N3O2/c1-12(22)13-6-9-24(10-7-13)19(25)15-3-2-8-23-18(15)26-17-5-4-14(20)11-16(17)21/h2-5,8,11-13H,6-7,9-10,22H2,1H3. The van der Waals surface area contributed by atoms with Crippen molar-refractivity contribution in [3.05, 3.63) is 52.1 Å². The molecular formula is C19H21Cl2N3O2. The van der Waals surface area contributed by atoms with Gasteiger partial charge in [-0.2, -0.15) is 0 Å². The summed E-state index contributed by atoms with van der Waals surface area (Å²) in [7, 11) is 0. The summed E-state index contributed by atoms with van der Waals surface area (Å²) in [6.07, 6.45) is 3.39. The van der Waals surface area contributed by atoms with Gasteiger partial charge in [0.05, 0.1) is 5.02 Å². The minimum absolute atomic E-state index is 0.0960. The van der Waals surface area contributed by atoms with Crippen LogP contribution in [-0.2, 0) is 0 Å². The van der Waals surface area contributed by atoms with Crippen molar-refractivity contribution in [1.29, 1.82) is 0 Å². The van der Waals surface area contributed by atoms with E-state index in [0.717, 1.165) is 12.8 Å². The molecule has 1 fully saturated rings. The molecule has 1 aliphatic rings. The highest BCUT2D eigenvalue weighted by Crippen LogP contribution is 2.32. The van der Waals surface area contributed by atoms with Crippen LogP contribution < -0.4 is 10.5 Å². The summed E-state index contributed by atoms with van der Waals surface area (Å²) in [5.41, 5.74) is 6.39. The predicted molar refractivity (Wildman–Crippen MR) is 103 cm³/mol. The number of nitrogens with two attached hydrogens (primary N) is 1. The van der Waals surface area contributed by atoms with Gasteiger partial charge in [0, 0.05) is 30.4 Å². The number of nitrogens with zero attached hydrogens (tertiary/aromatic N) is 2. The highest BCUT2D eigenvalue weighted by molar-refractivity contribution is 6.35. The van der Waals surface area contributed by atoms with E-state index in [9.17, 15) is 4.79 Å². The van der Waals surface area contributed by atoms with E-state index >= 15 is 0 Å². The largest absolute Gasteiger partial charge is 0.437 e. The fraction of sp³-hybridized carbons (Fsp3) is 0.368. The van der Waals surface area contributed by atoms with Gasteiger partial charge in [-0.3, -0.25) is 4.79 Å². The van der Waals surface area contributed by atoms with Crippen molar-refractivity contribution >= 4 is 29.1 Å². The van der Waals surface area contributed by atoms with E-state index in [2.05, 4.69) is 4.98 Å². The maximum Gasteiger partial charge on any atom is 0.259 e. The van der Waals surface area contributed by atoms with Crippen molar-refractivity contribution in [2.24, 2.45) is 11.7 Å². The minimum Gasteiger partial charge on any atom is -0.437 e. The number of halogens is 2. The molecule has 5 nitrogen and oxygen atoms in total. The van der Waals surface area contributed by atoms with Crippen molar-refractivity contribution in [3.63, 3.8) is 0 Å². The Morgan fingerprint density at radius 2 is 2.04 bits per heavy atom. The third kappa shape index (κ3) is 4.29. The summed E-state index contributed by atoms with van der Waals surface area (Å²) in [5.74, 6) is 0.994. The molecule has 2 aromatic rings. The van der Waals surface area contributed by atoms with Gasteiger partial charge in [-0.15, -0.1) is 0 Å². The monoisotopic (exact) mass is 393 g/mol. The van der Waals surface area contributed by atoms with Gasteiger partial charge in [0.1, 0.15) is 11.3 Å². The quantitative estimate of drug-likeness (QED) is 0.836. The highest BCUT2D eigenvalue weighted by Gasteiger charge is 2.27.